The Morgan fingerprint density at radius 2 is 2.07 bits per heavy atom. The summed E-state index contributed by atoms with van der Waals surface area (Å²) in [6, 6.07) is 0. The third-order valence-corrected chi connectivity index (χ3v) is 4.86. The fourth-order valence-electron chi connectivity index (χ4n) is 1.68. The maximum atomic E-state index is 11.6. The van der Waals surface area contributed by atoms with Gasteiger partial charge in [-0.3, -0.25) is 0 Å². The first kappa shape index (κ1) is 11.9. The molecule has 0 amide bonds. The van der Waals surface area contributed by atoms with Crippen LogP contribution in [0.2, 0.25) is 0 Å². The van der Waals surface area contributed by atoms with Crippen molar-refractivity contribution in [3.63, 3.8) is 0 Å². The zero-order chi connectivity index (χ0) is 11.0. The molecule has 1 aliphatic heterocycles. The Balaban J connectivity index is 2.93. The summed E-state index contributed by atoms with van der Waals surface area (Å²) >= 11 is 0. The van der Waals surface area contributed by atoms with Gasteiger partial charge in [-0.05, 0) is 20.3 Å². The first-order chi connectivity index (χ1) is 6.32. The smallest absolute Gasteiger partial charge is 0.214 e. The van der Waals surface area contributed by atoms with Crippen LogP contribution in [0.4, 0.5) is 0 Å². The Hall–Kier alpha value is -0.170. The Morgan fingerprint density at radius 1 is 1.50 bits per heavy atom. The minimum absolute atomic E-state index is 0.134. The molecular formula is C8H17NO4S. The lowest BCUT2D eigenvalue weighted by Crippen LogP contribution is -2.54. The van der Waals surface area contributed by atoms with Gasteiger partial charge in [0.05, 0.1) is 24.0 Å². The zero-order valence-electron chi connectivity index (χ0n) is 8.47. The van der Waals surface area contributed by atoms with Crippen molar-refractivity contribution < 1.29 is 18.6 Å². The number of rotatable bonds is 3. The Morgan fingerprint density at radius 3 is 2.43 bits per heavy atom. The molecule has 1 atom stereocenters. The van der Waals surface area contributed by atoms with E-state index in [1.165, 1.54) is 4.31 Å². The molecule has 2 N–H and O–H groups in total. The predicted molar refractivity (Wildman–Crippen MR) is 52.3 cm³/mol. The molecule has 1 rings (SSSR count). The van der Waals surface area contributed by atoms with E-state index in [2.05, 4.69) is 0 Å². The molecule has 1 heterocycles. The second-order valence-corrected chi connectivity index (χ2v) is 6.11. The fourth-order valence-corrected chi connectivity index (χ4v) is 3.64. The van der Waals surface area contributed by atoms with Crippen LogP contribution in [0.25, 0.3) is 0 Å². The van der Waals surface area contributed by atoms with Crippen LogP contribution in [0.1, 0.15) is 20.3 Å². The lowest BCUT2D eigenvalue weighted by molar-refractivity contribution is -0.00225. The molecule has 0 spiro atoms. The van der Waals surface area contributed by atoms with Gasteiger partial charge in [-0.15, -0.1) is 0 Å². The molecule has 5 nitrogen and oxygen atoms in total. The molecule has 84 valence electrons. The molecule has 0 aromatic rings. The first-order valence-electron chi connectivity index (χ1n) is 4.62. The number of hydrogen-bond donors (Lipinski definition) is 2. The van der Waals surface area contributed by atoms with E-state index >= 15 is 0 Å². The summed E-state index contributed by atoms with van der Waals surface area (Å²) in [5.41, 5.74) is -0.927. The Bertz CT molecular complexity index is 298. The van der Waals surface area contributed by atoms with E-state index < -0.39 is 28.3 Å². The van der Waals surface area contributed by atoms with E-state index in [1.807, 2.05) is 0 Å². The van der Waals surface area contributed by atoms with Gasteiger partial charge in [0.15, 0.2) is 0 Å². The highest BCUT2D eigenvalue weighted by molar-refractivity contribution is 7.89. The molecule has 14 heavy (non-hydrogen) atoms. The van der Waals surface area contributed by atoms with Crippen LogP contribution in [0.3, 0.4) is 0 Å². The van der Waals surface area contributed by atoms with Crippen LogP contribution in [0.15, 0.2) is 0 Å². The summed E-state index contributed by atoms with van der Waals surface area (Å²) in [6.45, 7) is 3.24. The van der Waals surface area contributed by atoms with Crippen molar-refractivity contribution in [3.05, 3.63) is 0 Å². The summed E-state index contributed by atoms with van der Waals surface area (Å²) in [6.07, 6.45) is -0.459. The third kappa shape index (κ3) is 1.93. The highest BCUT2D eigenvalue weighted by atomic mass is 32.2. The van der Waals surface area contributed by atoms with E-state index in [9.17, 15) is 13.5 Å². The minimum Gasteiger partial charge on any atom is -0.394 e. The van der Waals surface area contributed by atoms with Gasteiger partial charge in [0, 0.05) is 6.54 Å². The van der Waals surface area contributed by atoms with Gasteiger partial charge in [0.1, 0.15) is 0 Å². The van der Waals surface area contributed by atoms with E-state index in [-0.39, 0.29) is 5.75 Å². The van der Waals surface area contributed by atoms with Crippen molar-refractivity contribution in [2.45, 2.75) is 31.9 Å². The molecule has 0 saturated carbocycles. The van der Waals surface area contributed by atoms with Crippen LogP contribution in [0.5, 0.6) is 0 Å². The van der Waals surface area contributed by atoms with E-state index in [0.717, 1.165) is 0 Å². The molecule has 1 unspecified atom stereocenters. The van der Waals surface area contributed by atoms with Crippen LogP contribution >= 0.6 is 0 Å². The van der Waals surface area contributed by atoms with Crippen LogP contribution in [0, 0.1) is 0 Å². The summed E-state index contributed by atoms with van der Waals surface area (Å²) in [7, 11) is -3.24. The molecule has 1 fully saturated rings. The topological polar surface area (TPSA) is 77.8 Å². The largest absolute Gasteiger partial charge is 0.394 e. The van der Waals surface area contributed by atoms with Crippen molar-refractivity contribution in [3.8, 4) is 0 Å². The van der Waals surface area contributed by atoms with E-state index in [4.69, 9.17) is 5.11 Å². The average Bonchev–Trinajstić information content (AvgIpc) is 2.44. The summed E-state index contributed by atoms with van der Waals surface area (Å²) in [4.78, 5) is 0. The monoisotopic (exact) mass is 223 g/mol. The lowest BCUT2D eigenvalue weighted by atomic mass is 9.98. The molecule has 0 bridgehead atoms. The molecule has 6 heteroatoms. The summed E-state index contributed by atoms with van der Waals surface area (Å²) in [5, 5.41) is 18.4. The van der Waals surface area contributed by atoms with Gasteiger partial charge in [-0.2, -0.15) is 4.31 Å². The molecule has 1 saturated heterocycles. The normalized spacial score (nSPS) is 25.1. The first-order valence-corrected chi connectivity index (χ1v) is 6.22. The molecular weight excluding hydrogens is 206 g/mol. The number of sulfonamides is 1. The molecule has 0 aromatic carbocycles. The van der Waals surface area contributed by atoms with Crippen LogP contribution in [-0.2, 0) is 10.0 Å². The van der Waals surface area contributed by atoms with Crippen molar-refractivity contribution in [2.24, 2.45) is 0 Å². The predicted octanol–water partition coefficient (Wildman–Crippen LogP) is -0.846. The molecule has 0 radical (unpaired) electrons. The quantitative estimate of drug-likeness (QED) is 0.653. The Kier molecular flexibility index (Phi) is 3.20. The molecule has 0 aromatic heterocycles. The SMILES string of the molecule is CC(C)(C(O)CO)N1CCCS1(=O)=O. The maximum absolute atomic E-state index is 11.6. The minimum atomic E-state index is -3.24. The molecule has 0 aliphatic carbocycles. The molecule has 1 aliphatic rings. The second kappa shape index (κ2) is 3.77. The lowest BCUT2D eigenvalue weighted by Gasteiger charge is -2.37. The van der Waals surface area contributed by atoms with E-state index in [0.29, 0.717) is 13.0 Å². The highest BCUT2D eigenvalue weighted by Crippen LogP contribution is 2.27. The summed E-state index contributed by atoms with van der Waals surface area (Å²) in [5.74, 6) is 0.134. The third-order valence-electron chi connectivity index (χ3n) is 2.73. The van der Waals surface area contributed by atoms with Gasteiger partial charge in [-0.25, -0.2) is 8.42 Å². The van der Waals surface area contributed by atoms with Crippen molar-refractivity contribution in [1.29, 1.82) is 0 Å². The van der Waals surface area contributed by atoms with Crippen LogP contribution in [-0.4, -0.2) is 53.5 Å². The number of hydrogen-bond acceptors (Lipinski definition) is 4. The number of aliphatic hydroxyl groups is 2. The van der Waals surface area contributed by atoms with Crippen molar-refractivity contribution in [2.75, 3.05) is 18.9 Å². The highest BCUT2D eigenvalue weighted by Gasteiger charge is 2.43. The van der Waals surface area contributed by atoms with Crippen molar-refractivity contribution in [1.82, 2.24) is 4.31 Å². The van der Waals surface area contributed by atoms with Gasteiger partial charge in [-0.1, -0.05) is 0 Å². The average molecular weight is 223 g/mol. The number of aliphatic hydroxyl groups excluding tert-OH is 2. The Labute approximate surface area is 84.4 Å². The fraction of sp³-hybridized carbons (Fsp3) is 1.00. The van der Waals surface area contributed by atoms with E-state index in [1.54, 1.807) is 13.8 Å². The standard InChI is InChI=1S/C8H17NO4S/c1-8(2,7(11)6-10)9-4-3-5-14(9,12)13/h7,10-11H,3-6H2,1-2H3. The zero-order valence-corrected chi connectivity index (χ0v) is 9.29. The maximum Gasteiger partial charge on any atom is 0.214 e. The van der Waals surface area contributed by atoms with Crippen LogP contribution < -0.4 is 0 Å². The van der Waals surface area contributed by atoms with Gasteiger partial charge >= 0.3 is 0 Å². The van der Waals surface area contributed by atoms with Crippen molar-refractivity contribution >= 4 is 10.0 Å². The van der Waals surface area contributed by atoms with Gasteiger partial charge in [0.2, 0.25) is 10.0 Å². The second-order valence-electron chi connectivity index (χ2n) is 4.09. The number of nitrogens with zero attached hydrogens (tertiary/aromatic N) is 1. The van der Waals surface area contributed by atoms with Gasteiger partial charge < -0.3 is 10.2 Å². The van der Waals surface area contributed by atoms with Gasteiger partial charge in [0.25, 0.3) is 0 Å². The summed E-state index contributed by atoms with van der Waals surface area (Å²) < 4.78 is 24.4.